The highest BCUT2D eigenvalue weighted by molar-refractivity contribution is 5.75. The van der Waals surface area contributed by atoms with E-state index in [2.05, 4.69) is 21.3 Å². The minimum Gasteiger partial charge on any atom is -0.472 e. The number of rotatable bonds is 2. The molecule has 0 amide bonds. The number of furan rings is 1. The fourth-order valence-electron chi connectivity index (χ4n) is 2.17. The molecule has 3 heterocycles. The van der Waals surface area contributed by atoms with E-state index in [1.165, 1.54) is 0 Å². The maximum atomic E-state index is 5.15. The molecule has 1 aliphatic rings. The van der Waals surface area contributed by atoms with Gasteiger partial charge in [0.05, 0.1) is 12.5 Å². The SMILES string of the molecule is c1cnc(N2CCNCC2)c(-c2ccoc2)c1. The number of piperazine rings is 1. The first kappa shape index (κ1) is 10.4. The summed E-state index contributed by atoms with van der Waals surface area (Å²) in [5.41, 5.74) is 2.23. The molecular weight excluding hydrogens is 214 g/mol. The summed E-state index contributed by atoms with van der Waals surface area (Å²) in [6, 6.07) is 6.03. The van der Waals surface area contributed by atoms with Crippen LogP contribution in [0, 0.1) is 0 Å². The van der Waals surface area contributed by atoms with E-state index in [4.69, 9.17) is 4.42 Å². The lowest BCUT2D eigenvalue weighted by molar-refractivity contribution is 0.568. The molecule has 0 spiro atoms. The predicted octanol–water partition coefficient (Wildman–Crippen LogP) is 1.75. The Kier molecular flexibility index (Phi) is 2.80. The van der Waals surface area contributed by atoms with Gasteiger partial charge in [-0.1, -0.05) is 0 Å². The Morgan fingerprint density at radius 2 is 2.12 bits per heavy atom. The van der Waals surface area contributed by atoms with Gasteiger partial charge in [-0.2, -0.15) is 0 Å². The average molecular weight is 229 g/mol. The van der Waals surface area contributed by atoms with Crippen LogP contribution >= 0.6 is 0 Å². The van der Waals surface area contributed by atoms with Crippen LogP contribution in [0.15, 0.2) is 41.3 Å². The van der Waals surface area contributed by atoms with Crippen molar-refractivity contribution in [2.75, 3.05) is 31.1 Å². The zero-order valence-electron chi connectivity index (χ0n) is 9.60. The minimum absolute atomic E-state index is 1.00. The van der Waals surface area contributed by atoms with Crippen LogP contribution in [0.25, 0.3) is 11.1 Å². The fraction of sp³-hybridized carbons (Fsp3) is 0.308. The number of hydrogen-bond acceptors (Lipinski definition) is 4. The van der Waals surface area contributed by atoms with Gasteiger partial charge in [-0.3, -0.25) is 0 Å². The Morgan fingerprint density at radius 3 is 2.88 bits per heavy atom. The molecule has 2 aromatic heterocycles. The van der Waals surface area contributed by atoms with E-state index < -0.39 is 0 Å². The summed E-state index contributed by atoms with van der Waals surface area (Å²) in [6.07, 6.45) is 5.31. The van der Waals surface area contributed by atoms with Gasteiger partial charge >= 0.3 is 0 Å². The summed E-state index contributed by atoms with van der Waals surface area (Å²) < 4.78 is 5.15. The smallest absolute Gasteiger partial charge is 0.136 e. The molecule has 4 heteroatoms. The minimum atomic E-state index is 1.00. The number of nitrogens with one attached hydrogen (secondary N) is 1. The molecule has 0 radical (unpaired) electrons. The zero-order chi connectivity index (χ0) is 11.5. The van der Waals surface area contributed by atoms with Crippen molar-refractivity contribution in [2.45, 2.75) is 0 Å². The third-order valence-electron chi connectivity index (χ3n) is 3.04. The van der Waals surface area contributed by atoms with Crippen LogP contribution in [0.1, 0.15) is 0 Å². The Morgan fingerprint density at radius 1 is 1.24 bits per heavy atom. The molecule has 0 unspecified atom stereocenters. The molecular formula is C13H15N3O. The monoisotopic (exact) mass is 229 g/mol. The van der Waals surface area contributed by atoms with Crippen molar-refractivity contribution in [2.24, 2.45) is 0 Å². The van der Waals surface area contributed by atoms with Gasteiger partial charge in [-0.15, -0.1) is 0 Å². The third-order valence-corrected chi connectivity index (χ3v) is 3.04. The number of aromatic nitrogens is 1. The quantitative estimate of drug-likeness (QED) is 0.851. The van der Waals surface area contributed by atoms with Gasteiger partial charge in [0.1, 0.15) is 5.82 Å². The molecule has 0 aliphatic carbocycles. The van der Waals surface area contributed by atoms with Crippen LogP contribution in [0.4, 0.5) is 5.82 Å². The van der Waals surface area contributed by atoms with Crippen molar-refractivity contribution in [1.82, 2.24) is 10.3 Å². The van der Waals surface area contributed by atoms with Gasteiger partial charge in [0.15, 0.2) is 0 Å². The van der Waals surface area contributed by atoms with Crippen molar-refractivity contribution >= 4 is 5.82 Å². The van der Waals surface area contributed by atoms with Crippen LogP contribution in [-0.4, -0.2) is 31.2 Å². The van der Waals surface area contributed by atoms with Gasteiger partial charge in [-0.05, 0) is 18.2 Å². The summed E-state index contributed by atoms with van der Waals surface area (Å²) in [5.74, 6) is 1.05. The number of pyridine rings is 1. The topological polar surface area (TPSA) is 41.3 Å². The second kappa shape index (κ2) is 4.59. The lowest BCUT2D eigenvalue weighted by Gasteiger charge is -2.29. The van der Waals surface area contributed by atoms with Crippen molar-refractivity contribution in [3.63, 3.8) is 0 Å². The molecule has 17 heavy (non-hydrogen) atoms. The van der Waals surface area contributed by atoms with Gasteiger partial charge in [0, 0.05) is 43.5 Å². The van der Waals surface area contributed by atoms with Crippen molar-refractivity contribution < 1.29 is 4.42 Å². The summed E-state index contributed by atoms with van der Waals surface area (Å²) >= 11 is 0. The first-order chi connectivity index (χ1) is 8.45. The van der Waals surface area contributed by atoms with Crippen LogP contribution in [0.2, 0.25) is 0 Å². The maximum absolute atomic E-state index is 5.15. The number of nitrogens with zero attached hydrogens (tertiary/aromatic N) is 2. The average Bonchev–Trinajstić information content (AvgIpc) is 2.94. The number of hydrogen-bond donors (Lipinski definition) is 1. The first-order valence-corrected chi connectivity index (χ1v) is 5.88. The highest BCUT2D eigenvalue weighted by Gasteiger charge is 2.16. The van der Waals surface area contributed by atoms with E-state index >= 15 is 0 Å². The highest BCUT2D eigenvalue weighted by Crippen LogP contribution is 2.28. The fourth-order valence-corrected chi connectivity index (χ4v) is 2.17. The first-order valence-electron chi connectivity index (χ1n) is 5.88. The molecule has 88 valence electrons. The van der Waals surface area contributed by atoms with Crippen LogP contribution in [-0.2, 0) is 0 Å². The van der Waals surface area contributed by atoms with E-state index in [9.17, 15) is 0 Å². The van der Waals surface area contributed by atoms with E-state index in [-0.39, 0.29) is 0 Å². The molecule has 3 rings (SSSR count). The normalized spacial score (nSPS) is 16.1. The Hall–Kier alpha value is -1.81. The second-order valence-corrected chi connectivity index (χ2v) is 4.12. The Balaban J connectivity index is 1.98. The third kappa shape index (κ3) is 2.03. The largest absolute Gasteiger partial charge is 0.472 e. The predicted molar refractivity (Wildman–Crippen MR) is 67.0 cm³/mol. The van der Waals surface area contributed by atoms with Crippen LogP contribution in [0.5, 0.6) is 0 Å². The lowest BCUT2D eigenvalue weighted by Crippen LogP contribution is -2.44. The summed E-state index contributed by atoms with van der Waals surface area (Å²) in [5, 5.41) is 3.35. The zero-order valence-corrected chi connectivity index (χ0v) is 9.60. The summed E-state index contributed by atoms with van der Waals surface area (Å²) in [4.78, 5) is 6.83. The molecule has 0 atom stereocenters. The van der Waals surface area contributed by atoms with E-state index in [1.807, 2.05) is 18.3 Å². The van der Waals surface area contributed by atoms with Crippen LogP contribution in [0.3, 0.4) is 0 Å². The lowest BCUT2D eigenvalue weighted by atomic mass is 10.1. The number of anilines is 1. The maximum Gasteiger partial charge on any atom is 0.136 e. The second-order valence-electron chi connectivity index (χ2n) is 4.12. The Labute approximate surface area is 100 Å². The molecule has 0 saturated carbocycles. The van der Waals surface area contributed by atoms with E-state index in [1.54, 1.807) is 12.5 Å². The van der Waals surface area contributed by atoms with Crippen molar-refractivity contribution in [3.8, 4) is 11.1 Å². The van der Waals surface area contributed by atoms with E-state index in [0.717, 1.165) is 43.1 Å². The van der Waals surface area contributed by atoms with Crippen molar-refractivity contribution in [1.29, 1.82) is 0 Å². The molecule has 0 bridgehead atoms. The van der Waals surface area contributed by atoms with E-state index in [0.29, 0.717) is 0 Å². The van der Waals surface area contributed by atoms with Gasteiger partial charge in [0.25, 0.3) is 0 Å². The Bertz CT molecular complexity index is 475. The summed E-state index contributed by atoms with van der Waals surface area (Å²) in [7, 11) is 0. The molecule has 4 nitrogen and oxygen atoms in total. The molecule has 1 N–H and O–H groups in total. The van der Waals surface area contributed by atoms with Crippen LogP contribution < -0.4 is 10.2 Å². The van der Waals surface area contributed by atoms with Gasteiger partial charge < -0.3 is 14.6 Å². The molecule has 1 aliphatic heterocycles. The molecule has 0 aromatic carbocycles. The van der Waals surface area contributed by atoms with Crippen molar-refractivity contribution in [3.05, 3.63) is 36.9 Å². The highest BCUT2D eigenvalue weighted by atomic mass is 16.3. The van der Waals surface area contributed by atoms with Gasteiger partial charge in [-0.25, -0.2) is 4.98 Å². The molecule has 1 fully saturated rings. The summed E-state index contributed by atoms with van der Waals surface area (Å²) in [6.45, 7) is 4.03. The standard InChI is InChI=1S/C13H15N3O/c1-2-12(11-3-9-17-10-11)13(15-4-1)16-7-5-14-6-8-16/h1-4,9-10,14H,5-8H2. The van der Waals surface area contributed by atoms with Gasteiger partial charge in [0.2, 0.25) is 0 Å². The molecule has 2 aromatic rings. The molecule has 1 saturated heterocycles.